The lowest BCUT2D eigenvalue weighted by molar-refractivity contribution is -0.112. The molecule has 1 aromatic rings. The van der Waals surface area contributed by atoms with Gasteiger partial charge in [0.1, 0.15) is 0 Å². The predicted octanol–water partition coefficient (Wildman–Crippen LogP) is 3.01. The summed E-state index contributed by atoms with van der Waals surface area (Å²) < 4.78 is 0. The Morgan fingerprint density at radius 2 is 1.94 bits per heavy atom. The van der Waals surface area contributed by atoms with Crippen molar-refractivity contribution >= 4 is 16.9 Å². The number of carbonyl (C=O) groups excluding carboxylic acids is 1. The molecule has 0 saturated heterocycles. The average Bonchev–Trinajstić information content (AvgIpc) is 2.82. The lowest BCUT2D eigenvalue weighted by atomic mass is 10.0. The number of allylic oxidation sites excluding steroid dienone is 2. The van der Waals surface area contributed by atoms with Crippen LogP contribution in [-0.2, 0) is 4.79 Å². The van der Waals surface area contributed by atoms with Gasteiger partial charge in [-0.2, -0.15) is 0 Å². The van der Waals surface area contributed by atoms with Gasteiger partial charge in [-0.15, -0.1) is 0 Å². The molecule has 0 aliphatic carbocycles. The quantitative estimate of drug-likeness (QED) is 0.804. The Morgan fingerprint density at radius 3 is 2.47 bits per heavy atom. The molecule has 0 aromatic heterocycles. The first-order chi connectivity index (χ1) is 8.16. The number of nitrogens with one attached hydrogen (secondary N) is 1. The number of ketones is 1. The SMILES string of the molecule is CC(=O)C=C(C)c1ccc(C2=CNCC2)cc1. The number of carbonyl (C=O) groups is 1. The van der Waals surface area contributed by atoms with Gasteiger partial charge in [-0.25, -0.2) is 0 Å². The van der Waals surface area contributed by atoms with Crippen molar-refractivity contribution in [1.29, 1.82) is 0 Å². The third kappa shape index (κ3) is 2.84. The first-order valence-electron chi connectivity index (χ1n) is 5.89. The van der Waals surface area contributed by atoms with Crippen LogP contribution in [0.15, 0.2) is 36.5 Å². The molecule has 1 heterocycles. The third-order valence-electron chi connectivity index (χ3n) is 2.95. The fourth-order valence-corrected chi connectivity index (χ4v) is 2.04. The van der Waals surface area contributed by atoms with Crippen LogP contribution in [-0.4, -0.2) is 12.3 Å². The Labute approximate surface area is 102 Å². The molecule has 17 heavy (non-hydrogen) atoms. The van der Waals surface area contributed by atoms with E-state index in [0.717, 1.165) is 24.1 Å². The van der Waals surface area contributed by atoms with Crippen LogP contribution in [0.4, 0.5) is 0 Å². The summed E-state index contributed by atoms with van der Waals surface area (Å²) in [6.45, 7) is 4.57. The van der Waals surface area contributed by atoms with Gasteiger partial charge < -0.3 is 5.32 Å². The van der Waals surface area contributed by atoms with Crippen molar-refractivity contribution in [3.63, 3.8) is 0 Å². The zero-order chi connectivity index (χ0) is 12.3. The van der Waals surface area contributed by atoms with Crippen LogP contribution in [0.25, 0.3) is 11.1 Å². The second-order valence-electron chi connectivity index (χ2n) is 4.39. The molecule has 2 nitrogen and oxygen atoms in total. The molecule has 0 radical (unpaired) electrons. The van der Waals surface area contributed by atoms with Crippen molar-refractivity contribution in [2.24, 2.45) is 0 Å². The average molecular weight is 227 g/mol. The number of hydrogen-bond acceptors (Lipinski definition) is 2. The van der Waals surface area contributed by atoms with Crippen LogP contribution in [0.1, 0.15) is 31.4 Å². The summed E-state index contributed by atoms with van der Waals surface area (Å²) in [4.78, 5) is 11.0. The van der Waals surface area contributed by atoms with E-state index in [9.17, 15) is 4.79 Å². The zero-order valence-corrected chi connectivity index (χ0v) is 10.3. The van der Waals surface area contributed by atoms with E-state index in [1.54, 1.807) is 13.0 Å². The molecule has 0 spiro atoms. The van der Waals surface area contributed by atoms with Crippen molar-refractivity contribution in [2.75, 3.05) is 6.54 Å². The Morgan fingerprint density at radius 1 is 1.24 bits per heavy atom. The largest absolute Gasteiger partial charge is 0.390 e. The molecule has 0 amide bonds. The van der Waals surface area contributed by atoms with Gasteiger partial charge in [0, 0.05) is 12.7 Å². The molecule has 0 saturated carbocycles. The standard InChI is InChI=1S/C15H17NO/c1-11(9-12(2)17)13-3-5-14(6-4-13)15-7-8-16-10-15/h3-6,9-10,16H,7-8H2,1-2H3. The molecule has 1 aromatic carbocycles. The van der Waals surface area contributed by atoms with Gasteiger partial charge >= 0.3 is 0 Å². The van der Waals surface area contributed by atoms with E-state index in [1.807, 2.05) is 6.92 Å². The molecule has 2 rings (SSSR count). The van der Waals surface area contributed by atoms with Crippen LogP contribution in [0.5, 0.6) is 0 Å². The highest BCUT2D eigenvalue weighted by molar-refractivity contribution is 5.94. The molecule has 0 bridgehead atoms. The van der Waals surface area contributed by atoms with Crippen LogP contribution in [0.2, 0.25) is 0 Å². The summed E-state index contributed by atoms with van der Waals surface area (Å²) in [7, 11) is 0. The minimum atomic E-state index is 0.0919. The van der Waals surface area contributed by atoms with Crippen LogP contribution in [0, 0.1) is 0 Å². The molecule has 0 fully saturated rings. The van der Waals surface area contributed by atoms with Crippen molar-refractivity contribution in [3.05, 3.63) is 47.7 Å². The normalized spacial score (nSPS) is 15.4. The summed E-state index contributed by atoms with van der Waals surface area (Å²) in [6, 6.07) is 8.38. The maximum absolute atomic E-state index is 11.0. The topological polar surface area (TPSA) is 29.1 Å². The lowest BCUT2D eigenvalue weighted by Gasteiger charge is -2.04. The molecule has 1 N–H and O–H groups in total. The fourth-order valence-electron chi connectivity index (χ4n) is 2.04. The van der Waals surface area contributed by atoms with Crippen molar-refractivity contribution in [2.45, 2.75) is 20.3 Å². The molecule has 88 valence electrons. The number of benzene rings is 1. The Kier molecular flexibility index (Phi) is 3.43. The van der Waals surface area contributed by atoms with Gasteiger partial charge in [0.25, 0.3) is 0 Å². The summed E-state index contributed by atoms with van der Waals surface area (Å²) in [5, 5.41) is 3.22. The highest BCUT2D eigenvalue weighted by atomic mass is 16.1. The molecule has 2 heteroatoms. The number of rotatable bonds is 3. The van der Waals surface area contributed by atoms with Crippen molar-refractivity contribution < 1.29 is 4.79 Å². The van der Waals surface area contributed by atoms with Gasteiger partial charge in [0.15, 0.2) is 5.78 Å². The van der Waals surface area contributed by atoms with E-state index >= 15 is 0 Å². The lowest BCUT2D eigenvalue weighted by Crippen LogP contribution is -1.96. The summed E-state index contributed by atoms with van der Waals surface area (Å²) in [5.41, 5.74) is 4.73. The third-order valence-corrected chi connectivity index (χ3v) is 2.95. The maximum Gasteiger partial charge on any atom is 0.152 e. The van der Waals surface area contributed by atoms with Crippen molar-refractivity contribution in [1.82, 2.24) is 5.32 Å². The van der Waals surface area contributed by atoms with E-state index < -0.39 is 0 Å². The van der Waals surface area contributed by atoms with Gasteiger partial charge in [-0.05, 0) is 48.6 Å². The van der Waals surface area contributed by atoms with E-state index in [1.165, 1.54) is 11.1 Å². The van der Waals surface area contributed by atoms with Crippen LogP contribution >= 0.6 is 0 Å². The van der Waals surface area contributed by atoms with Gasteiger partial charge in [0.2, 0.25) is 0 Å². The zero-order valence-electron chi connectivity index (χ0n) is 10.3. The highest BCUT2D eigenvalue weighted by Gasteiger charge is 2.06. The van der Waals surface area contributed by atoms with Gasteiger partial charge in [0.05, 0.1) is 0 Å². The van der Waals surface area contributed by atoms with E-state index in [-0.39, 0.29) is 5.78 Å². The predicted molar refractivity (Wildman–Crippen MR) is 71.4 cm³/mol. The first-order valence-corrected chi connectivity index (χ1v) is 5.89. The molecule has 1 aliphatic rings. The molecule has 0 atom stereocenters. The van der Waals surface area contributed by atoms with Crippen LogP contribution < -0.4 is 5.32 Å². The second kappa shape index (κ2) is 5.00. The van der Waals surface area contributed by atoms with Crippen molar-refractivity contribution in [3.8, 4) is 0 Å². The summed E-state index contributed by atoms with van der Waals surface area (Å²) in [5.74, 6) is 0.0919. The highest BCUT2D eigenvalue weighted by Crippen LogP contribution is 2.22. The Hall–Kier alpha value is -1.83. The van der Waals surface area contributed by atoms with Gasteiger partial charge in [-0.1, -0.05) is 24.3 Å². The minimum Gasteiger partial charge on any atom is -0.390 e. The van der Waals surface area contributed by atoms with E-state index in [0.29, 0.717) is 0 Å². The molecular weight excluding hydrogens is 210 g/mol. The molecule has 0 unspecified atom stereocenters. The molecular formula is C15H17NO. The van der Waals surface area contributed by atoms with Crippen LogP contribution in [0.3, 0.4) is 0 Å². The van der Waals surface area contributed by atoms with Gasteiger partial charge in [-0.3, -0.25) is 4.79 Å². The van der Waals surface area contributed by atoms with E-state index in [4.69, 9.17) is 0 Å². The minimum absolute atomic E-state index is 0.0919. The number of hydrogen-bond donors (Lipinski definition) is 1. The summed E-state index contributed by atoms with van der Waals surface area (Å²) in [6.07, 6.45) is 4.83. The monoisotopic (exact) mass is 227 g/mol. The Balaban J connectivity index is 2.21. The maximum atomic E-state index is 11.0. The fraction of sp³-hybridized carbons (Fsp3) is 0.267. The van der Waals surface area contributed by atoms with E-state index in [2.05, 4.69) is 35.8 Å². The second-order valence-corrected chi connectivity index (χ2v) is 4.39. The molecule has 1 aliphatic heterocycles. The first kappa shape index (κ1) is 11.6. The summed E-state index contributed by atoms with van der Waals surface area (Å²) >= 11 is 0. The Bertz CT molecular complexity index is 480. The smallest absolute Gasteiger partial charge is 0.152 e.